The van der Waals surface area contributed by atoms with Gasteiger partial charge in [-0.25, -0.2) is 4.98 Å². The number of carbonyl (C=O) groups excluding carboxylic acids is 1. The Kier molecular flexibility index (Phi) is 6.30. The largest absolute Gasteiger partial charge is 0.322 e. The van der Waals surface area contributed by atoms with Crippen molar-refractivity contribution < 1.29 is 4.79 Å². The lowest BCUT2D eigenvalue weighted by Gasteiger charge is -2.17. The molecule has 1 N–H and O–H groups in total. The fourth-order valence-corrected chi connectivity index (χ4v) is 4.80. The Hall–Kier alpha value is -2.40. The summed E-state index contributed by atoms with van der Waals surface area (Å²) in [6.07, 6.45) is 0. The number of pyridine rings is 1. The Morgan fingerprint density at radius 2 is 1.72 bits per heavy atom. The molecule has 0 atom stereocenters. The highest BCUT2D eigenvalue weighted by molar-refractivity contribution is 9.10. The van der Waals surface area contributed by atoms with Crippen LogP contribution in [0, 0.1) is 27.7 Å². The fraction of sp³-hybridized carbons (Fsp3) is 0.154. The maximum atomic E-state index is 13.7. The van der Waals surface area contributed by atoms with Crippen LogP contribution in [0.25, 0.3) is 22.2 Å². The minimum absolute atomic E-state index is 0.204. The first kappa shape index (κ1) is 22.8. The molecule has 6 heteroatoms. The van der Waals surface area contributed by atoms with Gasteiger partial charge in [0.1, 0.15) is 0 Å². The molecular formula is C26H21BrCl2N2O. The minimum atomic E-state index is -0.204. The molecular weight excluding hydrogens is 507 g/mol. The zero-order valence-electron chi connectivity index (χ0n) is 18.1. The molecule has 0 aliphatic rings. The Balaban J connectivity index is 1.95. The molecule has 32 heavy (non-hydrogen) atoms. The Labute approximate surface area is 205 Å². The van der Waals surface area contributed by atoms with Crippen molar-refractivity contribution in [2.24, 2.45) is 0 Å². The Morgan fingerprint density at radius 1 is 0.969 bits per heavy atom. The highest BCUT2D eigenvalue weighted by Crippen LogP contribution is 2.34. The fourth-order valence-electron chi connectivity index (χ4n) is 3.99. The van der Waals surface area contributed by atoms with Gasteiger partial charge in [0.15, 0.2) is 0 Å². The van der Waals surface area contributed by atoms with E-state index in [2.05, 4.69) is 27.3 Å². The van der Waals surface area contributed by atoms with Crippen LogP contribution in [0.15, 0.2) is 53.0 Å². The molecule has 0 saturated heterocycles. The molecule has 0 spiro atoms. The lowest BCUT2D eigenvalue weighted by Crippen LogP contribution is -2.16. The van der Waals surface area contributed by atoms with Gasteiger partial charge in [-0.05, 0) is 90.6 Å². The van der Waals surface area contributed by atoms with Gasteiger partial charge in [0.25, 0.3) is 5.91 Å². The van der Waals surface area contributed by atoms with Crippen molar-refractivity contribution in [3.63, 3.8) is 0 Å². The third-order valence-electron chi connectivity index (χ3n) is 5.51. The van der Waals surface area contributed by atoms with Gasteiger partial charge in [-0.15, -0.1) is 0 Å². The van der Waals surface area contributed by atoms with Crippen LogP contribution < -0.4 is 5.32 Å². The van der Waals surface area contributed by atoms with Crippen LogP contribution in [-0.4, -0.2) is 10.9 Å². The van der Waals surface area contributed by atoms with Crippen LogP contribution in [0.2, 0.25) is 10.0 Å². The van der Waals surface area contributed by atoms with Crippen molar-refractivity contribution in [3.05, 3.63) is 90.9 Å². The van der Waals surface area contributed by atoms with E-state index < -0.39 is 0 Å². The van der Waals surface area contributed by atoms with E-state index in [4.69, 9.17) is 28.2 Å². The van der Waals surface area contributed by atoms with Gasteiger partial charge in [-0.1, -0.05) is 47.0 Å². The quantitative estimate of drug-likeness (QED) is 0.290. The number of carbonyl (C=O) groups is 1. The van der Waals surface area contributed by atoms with Crippen LogP contribution in [0.4, 0.5) is 5.69 Å². The zero-order chi connectivity index (χ0) is 23.2. The molecule has 0 radical (unpaired) electrons. The minimum Gasteiger partial charge on any atom is -0.322 e. The summed E-state index contributed by atoms with van der Waals surface area (Å²) >= 11 is 16.0. The monoisotopic (exact) mass is 526 g/mol. The molecule has 0 aliphatic heterocycles. The van der Waals surface area contributed by atoms with Gasteiger partial charge in [-0.2, -0.15) is 0 Å². The summed E-state index contributed by atoms with van der Waals surface area (Å²) in [7, 11) is 0. The Morgan fingerprint density at radius 3 is 2.44 bits per heavy atom. The van der Waals surface area contributed by atoms with Crippen LogP contribution in [0.1, 0.15) is 32.6 Å². The van der Waals surface area contributed by atoms with Crippen LogP contribution in [0.3, 0.4) is 0 Å². The number of benzene rings is 3. The second-order valence-electron chi connectivity index (χ2n) is 7.98. The van der Waals surface area contributed by atoms with E-state index in [0.717, 1.165) is 48.9 Å². The lowest BCUT2D eigenvalue weighted by molar-refractivity contribution is 0.102. The predicted molar refractivity (Wildman–Crippen MR) is 138 cm³/mol. The summed E-state index contributed by atoms with van der Waals surface area (Å²) in [6, 6.07) is 15.3. The second kappa shape index (κ2) is 8.86. The van der Waals surface area contributed by atoms with Crippen molar-refractivity contribution in [2.45, 2.75) is 27.7 Å². The molecule has 3 aromatic carbocycles. The third-order valence-corrected chi connectivity index (χ3v) is 6.94. The molecule has 0 unspecified atom stereocenters. The van der Waals surface area contributed by atoms with Crippen molar-refractivity contribution in [1.29, 1.82) is 0 Å². The summed E-state index contributed by atoms with van der Waals surface area (Å²) in [5.41, 5.74) is 7.46. The molecule has 4 rings (SSSR count). The Bertz CT molecular complexity index is 1400. The van der Waals surface area contributed by atoms with Gasteiger partial charge in [0.2, 0.25) is 0 Å². The van der Waals surface area contributed by atoms with E-state index in [1.807, 2.05) is 64.1 Å². The first-order chi connectivity index (χ1) is 15.2. The maximum Gasteiger partial charge on any atom is 0.256 e. The predicted octanol–water partition coefficient (Wildman–Crippen LogP) is 8.46. The number of nitrogens with zero attached hydrogens (tertiary/aromatic N) is 1. The van der Waals surface area contributed by atoms with Gasteiger partial charge in [0.05, 0.1) is 21.8 Å². The molecule has 1 aromatic heterocycles. The van der Waals surface area contributed by atoms with Crippen molar-refractivity contribution >= 4 is 61.6 Å². The zero-order valence-corrected chi connectivity index (χ0v) is 21.2. The smallest absolute Gasteiger partial charge is 0.256 e. The van der Waals surface area contributed by atoms with E-state index in [0.29, 0.717) is 21.3 Å². The first-order valence-electron chi connectivity index (χ1n) is 10.1. The van der Waals surface area contributed by atoms with Crippen molar-refractivity contribution in [1.82, 2.24) is 4.98 Å². The number of amides is 1. The molecule has 162 valence electrons. The normalized spacial score (nSPS) is 11.1. The molecule has 0 bridgehead atoms. The molecule has 4 aromatic rings. The van der Waals surface area contributed by atoms with E-state index in [-0.39, 0.29) is 5.91 Å². The number of fused-ring (bicyclic) bond motifs is 1. The van der Waals surface area contributed by atoms with E-state index >= 15 is 0 Å². The number of hydrogen-bond donors (Lipinski definition) is 1. The van der Waals surface area contributed by atoms with Crippen molar-refractivity contribution in [2.75, 3.05) is 5.32 Å². The standard InChI is InChI=1S/C26H21BrCl2N2O/c1-13-8-15(3)24-19(9-13)23(16(4)25(31-24)17-6-5-7-18(28)11-17)26(32)30-22-12-21(29)20(27)10-14(22)2/h5-12H,1-4H3,(H,30,32). The number of aryl methyl sites for hydroxylation is 3. The van der Waals surface area contributed by atoms with Crippen molar-refractivity contribution in [3.8, 4) is 11.3 Å². The van der Waals surface area contributed by atoms with E-state index in [1.54, 1.807) is 6.07 Å². The second-order valence-corrected chi connectivity index (χ2v) is 9.68. The number of hydrogen-bond acceptors (Lipinski definition) is 2. The average molecular weight is 528 g/mol. The SMILES string of the molecule is Cc1cc(C)c2nc(-c3cccc(Cl)c3)c(C)c(C(=O)Nc3cc(Cl)c(Br)cc3C)c2c1. The van der Waals surface area contributed by atoms with E-state index in [1.165, 1.54) is 0 Å². The average Bonchev–Trinajstić information content (AvgIpc) is 2.71. The van der Waals surface area contributed by atoms with Gasteiger partial charge in [-0.3, -0.25) is 4.79 Å². The van der Waals surface area contributed by atoms with Crippen LogP contribution in [0.5, 0.6) is 0 Å². The van der Waals surface area contributed by atoms with Gasteiger partial charge < -0.3 is 5.32 Å². The van der Waals surface area contributed by atoms with Gasteiger partial charge >= 0.3 is 0 Å². The molecule has 1 heterocycles. The lowest BCUT2D eigenvalue weighted by atomic mass is 9.94. The summed E-state index contributed by atoms with van der Waals surface area (Å²) in [5.74, 6) is -0.204. The summed E-state index contributed by atoms with van der Waals surface area (Å²) < 4.78 is 0.787. The van der Waals surface area contributed by atoms with E-state index in [9.17, 15) is 4.79 Å². The molecule has 1 amide bonds. The topological polar surface area (TPSA) is 42.0 Å². The summed E-state index contributed by atoms with van der Waals surface area (Å²) in [5, 5.41) is 5.04. The maximum absolute atomic E-state index is 13.7. The summed E-state index contributed by atoms with van der Waals surface area (Å²) in [4.78, 5) is 18.6. The molecule has 0 saturated carbocycles. The number of rotatable bonds is 3. The number of anilines is 1. The van der Waals surface area contributed by atoms with Gasteiger partial charge in [0, 0.05) is 26.1 Å². The highest BCUT2D eigenvalue weighted by atomic mass is 79.9. The number of nitrogens with one attached hydrogen (secondary N) is 1. The molecule has 0 aliphatic carbocycles. The third kappa shape index (κ3) is 4.27. The molecule has 3 nitrogen and oxygen atoms in total. The summed E-state index contributed by atoms with van der Waals surface area (Å²) in [6.45, 7) is 7.89. The number of aromatic nitrogens is 1. The molecule has 0 fully saturated rings. The highest BCUT2D eigenvalue weighted by Gasteiger charge is 2.21. The number of halogens is 3. The first-order valence-corrected chi connectivity index (χ1v) is 11.6. The van der Waals surface area contributed by atoms with Crippen LogP contribution >= 0.6 is 39.1 Å². The van der Waals surface area contributed by atoms with Crippen LogP contribution in [-0.2, 0) is 0 Å².